The van der Waals surface area contributed by atoms with Crippen LogP contribution >= 0.6 is 0 Å². The third-order valence-electron chi connectivity index (χ3n) is 4.11. The Kier molecular flexibility index (Phi) is 4.94. The molecule has 1 heterocycles. The van der Waals surface area contributed by atoms with Crippen LogP contribution in [0.5, 0.6) is 5.75 Å². The lowest BCUT2D eigenvalue weighted by atomic mass is 10.1. The smallest absolute Gasteiger partial charge is 0.261 e. The summed E-state index contributed by atoms with van der Waals surface area (Å²) in [6.45, 7) is 5.45. The second-order valence-corrected chi connectivity index (χ2v) is 6.08. The Morgan fingerprint density at radius 2 is 1.92 bits per heavy atom. The molecule has 0 aliphatic rings. The first-order valence-electron chi connectivity index (χ1n) is 8.29. The monoisotopic (exact) mass is 322 g/mol. The van der Waals surface area contributed by atoms with Crippen molar-refractivity contribution in [3.63, 3.8) is 0 Å². The van der Waals surface area contributed by atoms with Gasteiger partial charge >= 0.3 is 0 Å². The van der Waals surface area contributed by atoms with Gasteiger partial charge in [0.2, 0.25) is 0 Å². The van der Waals surface area contributed by atoms with Gasteiger partial charge in [0, 0.05) is 6.54 Å². The topological polar surface area (TPSA) is 44.1 Å². The minimum Gasteiger partial charge on any atom is -0.493 e. The lowest BCUT2D eigenvalue weighted by molar-refractivity contribution is 0.301. The Labute approximate surface area is 141 Å². The minimum atomic E-state index is 0.0240. The van der Waals surface area contributed by atoms with E-state index >= 15 is 0 Å². The zero-order chi connectivity index (χ0) is 16.9. The standard InChI is InChI=1S/C20H22N2O2/c1-15-9-10-19(16(2)13-15)24-12-6-5-11-22-14-21-18-8-4-3-7-17(18)20(22)23/h3-4,7-10,13-14H,5-6,11-12H2,1-2H3. The molecule has 0 saturated heterocycles. The first kappa shape index (κ1) is 16.2. The summed E-state index contributed by atoms with van der Waals surface area (Å²) >= 11 is 0. The molecule has 0 atom stereocenters. The summed E-state index contributed by atoms with van der Waals surface area (Å²) in [6, 6.07) is 13.6. The van der Waals surface area contributed by atoms with E-state index in [4.69, 9.17) is 4.74 Å². The fourth-order valence-electron chi connectivity index (χ4n) is 2.79. The summed E-state index contributed by atoms with van der Waals surface area (Å²) in [6.07, 6.45) is 3.41. The van der Waals surface area contributed by atoms with Gasteiger partial charge in [-0.05, 0) is 50.5 Å². The molecule has 124 valence electrons. The van der Waals surface area contributed by atoms with E-state index in [2.05, 4.69) is 31.0 Å². The van der Waals surface area contributed by atoms with Gasteiger partial charge < -0.3 is 4.74 Å². The van der Waals surface area contributed by atoms with Gasteiger partial charge in [-0.1, -0.05) is 29.8 Å². The van der Waals surface area contributed by atoms with Crippen LogP contribution in [0.2, 0.25) is 0 Å². The molecule has 0 aliphatic heterocycles. The van der Waals surface area contributed by atoms with Gasteiger partial charge in [0.05, 0.1) is 23.8 Å². The summed E-state index contributed by atoms with van der Waals surface area (Å²) < 4.78 is 7.51. The van der Waals surface area contributed by atoms with E-state index in [0.29, 0.717) is 18.5 Å². The molecule has 0 unspecified atom stereocenters. The molecule has 0 amide bonds. The molecule has 4 heteroatoms. The molecule has 24 heavy (non-hydrogen) atoms. The average molecular weight is 322 g/mol. The fourth-order valence-corrected chi connectivity index (χ4v) is 2.79. The maximum atomic E-state index is 12.4. The van der Waals surface area contributed by atoms with Crippen molar-refractivity contribution in [2.75, 3.05) is 6.61 Å². The largest absolute Gasteiger partial charge is 0.493 e. The lowest BCUT2D eigenvalue weighted by Crippen LogP contribution is -2.20. The highest BCUT2D eigenvalue weighted by Gasteiger charge is 2.03. The van der Waals surface area contributed by atoms with Crippen LogP contribution in [-0.4, -0.2) is 16.2 Å². The van der Waals surface area contributed by atoms with Gasteiger partial charge in [-0.2, -0.15) is 0 Å². The van der Waals surface area contributed by atoms with Crippen molar-refractivity contribution < 1.29 is 4.74 Å². The van der Waals surface area contributed by atoms with Crippen LogP contribution in [0, 0.1) is 13.8 Å². The molecule has 0 N–H and O–H groups in total. The Balaban J connectivity index is 1.53. The highest BCUT2D eigenvalue weighted by Crippen LogP contribution is 2.18. The van der Waals surface area contributed by atoms with E-state index < -0.39 is 0 Å². The predicted molar refractivity (Wildman–Crippen MR) is 96.6 cm³/mol. The molecule has 0 saturated carbocycles. The van der Waals surface area contributed by atoms with Crippen LogP contribution in [0.3, 0.4) is 0 Å². The Hall–Kier alpha value is -2.62. The lowest BCUT2D eigenvalue weighted by Gasteiger charge is -2.10. The van der Waals surface area contributed by atoms with Crippen LogP contribution in [-0.2, 0) is 6.54 Å². The molecule has 0 bridgehead atoms. The number of nitrogens with zero attached hydrogens (tertiary/aromatic N) is 2. The SMILES string of the molecule is Cc1ccc(OCCCCn2cnc3ccccc3c2=O)c(C)c1. The van der Waals surface area contributed by atoms with Gasteiger partial charge in [0.1, 0.15) is 5.75 Å². The third kappa shape index (κ3) is 3.65. The van der Waals surface area contributed by atoms with E-state index in [1.807, 2.05) is 30.3 Å². The highest BCUT2D eigenvalue weighted by molar-refractivity contribution is 5.76. The van der Waals surface area contributed by atoms with Crippen LogP contribution in [0.25, 0.3) is 10.9 Å². The highest BCUT2D eigenvalue weighted by atomic mass is 16.5. The minimum absolute atomic E-state index is 0.0240. The van der Waals surface area contributed by atoms with E-state index in [1.165, 1.54) is 5.56 Å². The van der Waals surface area contributed by atoms with Crippen molar-refractivity contribution in [2.45, 2.75) is 33.2 Å². The Morgan fingerprint density at radius 3 is 2.75 bits per heavy atom. The number of unbranched alkanes of at least 4 members (excludes halogenated alkanes) is 1. The molecule has 3 aromatic rings. The van der Waals surface area contributed by atoms with Gasteiger partial charge in [-0.15, -0.1) is 0 Å². The molecular formula is C20H22N2O2. The van der Waals surface area contributed by atoms with Crippen LogP contribution in [0.1, 0.15) is 24.0 Å². The number of aromatic nitrogens is 2. The summed E-state index contributed by atoms with van der Waals surface area (Å²) in [7, 11) is 0. The number of fused-ring (bicyclic) bond motifs is 1. The quantitative estimate of drug-likeness (QED) is 0.647. The number of hydrogen-bond acceptors (Lipinski definition) is 3. The number of para-hydroxylation sites is 1. The molecule has 0 aliphatic carbocycles. The molecular weight excluding hydrogens is 300 g/mol. The molecule has 0 fully saturated rings. The van der Waals surface area contributed by atoms with E-state index in [9.17, 15) is 4.79 Å². The van der Waals surface area contributed by atoms with Gasteiger partial charge in [-0.25, -0.2) is 4.98 Å². The fraction of sp³-hybridized carbons (Fsp3) is 0.300. The van der Waals surface area contributed by atoms with Crippen molar-refractivity contribution in [3.05, 3.63) is 70.3 Å². The number of rotatable bonds is 6. The van der Waals surface area contributed by atoms with Crippen molar-refractivity contribution in [3.8, 4) is 5.75 Å². The van der Waals surface area contributed by atoms with Crippen LogP contribution in [0.15, 0.2) is 53.6 Å². The van der Waals surface area contributed by atoms with Crippen molar-refractivity contribution >= 4 is 10.9 Å². The molecule has 1 aromatic heterocycles. The third-order valence-corrected chi connectivity index (χ3v) is 4.11. The average Bonchev–Trinajstić information content (AvgIpc) is 2.58. The van der Waals surface area contributed by atoms with Crippen LogP contribution < -0.4 is 10.3 Å². The van der Waals surface area contributed by atoms with E-state index in [1.54, 1.807) is 10.9 Å². The normalized spacial score (nSPS) is 10.9. The van der Waals surface area contributed by atoms with Crippen molar-refractivity contribution in [1.29, 1.82) is 0 Å². The second-order valence-electron chi connectivity index (χ2n) is 6.08. The maximum Gasteiger partial charge on any atom is 0.261 e. The molecule has 0 radical (unpaired) electrons. The Morgan fingerprint density at radius 1 is 1.08 bits per heavy atom. The Bertz CT molecular complexity index is 900. The first-order valence-corrected chi connectivity index (χ1v) is 8.29. The van der Waals surface area contributed by atoms with Gasteiger partial charge in [0.15, 0.2) is 0 Å². The molecule has 2 aromatic carbocycles. The summed E-state index contributed by atoms with van der Waals surface area (Å²) in [5, 5.41) is 0.673. The zero-order valence-electron chi connectivity index (χ0n) is 14.2. The number of ether oxygens (including phenoxy) is 1. The van der Waals surface area contributed by atoms with Crippen molar-refractivity contribution in [1.82, 2.24) is 9.55 Å². The molecule has 4 nitrogen and oxygen atoms in total. The van der Waals surface area contributed by atoms with E-state index in [-0.39, 0.29) is 5.56 Å². The number of aryl methyl sites for hydroxylation is 3. The summed E-state index contributed by atoms with van der Waals surface area (Å²) in [5.74, 6) is 0.935. The second kappa shape index (κ2) is 7.30. The predicted octanol–water partition coefficient (Wildman–Crippen LogP) is 3.87. The van der Waals surface area contributed by atoms with Crippen molar-refractivity contribution in [2.24, 2.45) is 0 Å². The molecule has 3 rings (SSSR count). The van der Waals surface area contributed by atoms with Crippen LogP contribution in [0.4, 0.5) is 0 Å². The zero-order valence-corrected chi connectivity index (χ0v) is 14.2. The van der Waals surface area contributed by atoms with Gasteiger partial charge in [-0.3, -0.25) is 9.36 Å². The number of benzene rings is 2. The van der Waals surface area contributed by atoms with Gasteiger partial charge in [0.25, 0.3) is 5.56 Å². The number of hydrogen-bond donors (Lipinski definition) is 0. The summed E-state index contributed by atoms with van der Waals surface area (Å²) in [5.41, 5.74) is 3.17. The first-order chi connectivity index (χ1) is 11.6. The van der Waals surface area contributed by atoms with E-state index in [0.717, 1.165) is 29.7 Å². The summed E-state index contributed by atoms with van der Waals surface area (Å²) in [4.78, 5) is 16.7. The maximum absolute atomic E-state index is 12.4. The molecule has 0 spiro atoms.